The molecule has 0 saturated heterocycles. The zero-order chi connectivity index (χ0) is 20.3. The lowest BCUT2D eigenvalue weighted by Gasteiger charge is -2.08. The highest BCUT2D eigenvalue weighted by Gasteiger charge is 2.17. The Kier molecular flexibility index (Phi) is 2.49. The number of furan rings is 1. The molecule has 24 heavy (non-hydrogen) atoms. The fourth-order valence-corrected chi connectivity index (χ4v) is 3.16. The van der Waals surface area contributed by atoms with Crippen molar-refractivity contribution >= 4 is 21.9 Å². The molecule has 0 aliphatic heterocycles. The van der Waals surface area contributed by atoms with E-state index in [2.05, 4.69) is 11.1 Å². The number of aryl methyl sites for hydroxylation is 2. The molecule has 0 aliphatic rings. The molecule has 0 spiro atoms. The van der Waals surface area contributed by atoms with Crippen LogP contribution in [-0.4, -0.2) is 4.98 Å². The number of pyridine rings is 2. The highest BCUT2D eigenvalue weighted by molar-refractivity contribution is 6.06. The van der Waals surface area contributed by atoms with Crippen LogP contribution < -0.4 is 4.57 Å². The van der Waals surface area contributed by atoms with Crippen molar-refractivity contribution in [3.05, 3.63) is 60.0 Å². The highest BCUT2D eigenvalue weighted by Crippen LogP contribution is 2.33. The molecule has 0 amide bonds. The third-order valence-electron chi connectivity index (χ3n) is 4.46. The van der Waals surface area contributed by atoms with Crippen LogP contribution in [0.5, 0.6) is 0 Å². The second-order valence-corrected chi connectivity index (χ2v) is 6.18. The molecule has 3 aromatic heterocycles. The molecule has 1 atom stereocenters. The first-order chi connectivity index (χ1) is 13.1. The standard InChI is InChI=1S/C21H21N2O/c1-13(2)15-5-6-19(23(4)12-15)17-10-18-16-7-8-22-11-21(16)24-20(18)9-14(17)3/h5-13H,1-4H3/q+1/i1D3,13D. The van der Waals surface area contributed by atoms with Gasteiger partial charge < -0.3 is 4.42 Å². The van der Waals surface area contributed by atoms with Crippen LogP contribution in [0.25, 0.3) is 33.2 Å². The van der Waals surface area contributed by atoms with Crippen LogP contribution in [0.2, 0.25) is 0 Å². The zero-order valence-corrected chi connectivity index (χ0v) is 13.9. The molecule has 3 heteroatoms. The number of benzene rings is 1. The highest BCUT2D eigenvalue weighted by atomic mass is 16.3. The lowest BCUT2D eigenvalue weighted by atomic mass is 9.99. The summed E-state index contributed by atoms with van der Waals surface area (Å²) in [6.45, 7) is 1.04. The second-order valence-electron chi connectivity index (χ2n) is 6.18. The Hall–Kier alpha value is -2.68. The maximum atomic E-state index is 8.32. The molecule has 0 radical (unpaired) electrons. The summed E-state index contributed by atoms with van der Waals surface area (Å²) in [5, 5.41) is 2.02. The van der Waals surface area contributed by atoms with Crippen LogP contribution in [0.3, 0.4) is 0 Å². The van der Waals surface area contributed by atoms with Gasteiger partial charge in [0.05, 0.1) is 6.20 Å². The van der Waals surface area contributed by atoms with Crippen LogP contribution in [0.15, 0.2) is 53.3 Å². The minimum absolute atomic E-state index is 0.456. The predicted octanol–water partition coefficient (Wildman–Crippen LogP) is 4.90. The van der Waals surface area contributed by atoms with Crippen molar-refractivity contribution in [2.75, 3.05) is 0 Å². The molecule has 0 N–H and O–H groups in total. The molecular weight excluding hydrogens is 296 g/mol. The smallest absolute Gasteiger partial charge is 0.212 e. The molecule has 0 aliphatic carbocycles. The first-order valence-electron chi connectivity index (χ1n) is 9.87. The van der Waals surface area contributed by atoms with Gasteiger partial charge in [-0.25, -0.2) is 4.57 Å². The van der Waals surface area contributed by atoms with E-state index in [1.165, 1.54) is 6.92 Å². The van der Waals surface area contributed by atoms with E-state index < -0.39 is 12.7 Å². The minimum Gasteiger partial charge on any atom is -0.454 e. The van der Waals surface area contributed by atoms with Crippen LogP contribution in [0, 0.1) is 6.92 Å². The Bertz CT molecular complexity index is 1210. The molecule has 0 fully saturated rings. The molecule has 3 nitrogen and oxygen atoms in total. The van der Waals surface area contributed by atoms with E-state index in [9.17, 15) is 0 Å². The molecule has 4 rings (SSSR count). The first kappa shape index (κ1) is 11.0. The van der Waals surface area contributed by atoms with Gasteiger partial charge in [0.2, 0.25) is 5.69 Å². The van der Waals surface area contributed by atoms with Gasteiger partial charge in [0.15, 0.2) is 11.8 Å². The predicted molar refractivity (Wildman–Crippen MR) is 97.0 cm³/mol. The largest absolute Gasteiger partial charge is 0.454 e. The van der Waals surface area contributed by atoms with Crippen molar-refractivity contribution in [3.63, 3.8) is 0 Å². The Morgan fingerprint density at radius 1 is 1.21 bits per heavy atom. The van der Waals surface area contributed by atoms with E-state index in [-0.39, 0.29) is 0 Å². The number of fused-ring (bicyclic) bond motifs is 3. The van der Waals surface area contributed by atoms with Crippen molar-refractivity contribution in [1.82, 2.24) is 4.98 Å². The Morgan fingerprint density at radius 2 is 2.08 bits per heavy atom. The van der Waals surface area contributed by atoms with Crippen molar-refractivity contribution in [2.24, 2.45) is 7.05 Å². The summed E-state index contributed by atoms with van der Waals surface area (Å²) < 4.78 is 39.1. The number of hydrogen-bond donors (Lipinski definition) is 0. The second kappa shape index (κ2) is 5.45. The summed E-state index contributed by atoms with van der Waals surface area (Å²) in [6, 6.07) is 9.65. The molecular formula is C21H21N2O+. The number of hydrogen-bond acceptors (Lipinski definition) is 2. The van der Waals surface area contributed by atoms with Crippen LogP contribution in [0.1, 0.15) is 36.3 Å². The molecule has 0 saturated carbocycles. The van der Waals surface area contributed by atoms with E-state index in [0.29, 0.717) is 5.56 Å². The van der Waals surface area contributed by atoms with Gasteiger partial charge in [0.1, 0.15) is 12.6 Å². The van der Waals surface area contributed by atoms with Gasteiger partial charge in [-0.2, -0.15) is 0 Å². The summed E-state index contributed by atoms with van der Waals surface area (Å²) in [5.74, 6) is -1.67. The number of aromatic nitrogens is 2. The summed E-state index contributed by atoms with van der Waals surface area (Å²) >= 11 is 0. The molecule has 1 unspecified atom stereocenters. The lowest BCUT2D eigenvalue weighted by molar-refractivity contribution is -0.660. The number of nitrogens with zero attached hydrogens (tertiary/aromatic N) is 2. The van der Waals surface area contributed by atoms with E-state index in [1.54, 1.807) is 24.7 Å². The third kappa shape index (κ3) is 2.28. The van der Waals surface area contributed by atoms with Crippen molar-refractivity contribution < 1.29 is 14.5 Å². The maximum Gasteiger partial charge on any atom is 0.212 e. The normalized spacial score (nSPS) is 17.1. The van der Waals surface area contributed by atoms with Crippen molar-refractivity contribution in [2.45, 2.75) is 26.6 Å². The van der Waals surface area contributed by atoms with Crippen LogP contribution >= 0.6 is 0 Å². The van der Waals surface area contributed by atoms with Crippen molar-refractivity contribution in [1.29, 1.82) is 0 Å². The summed E-state index contributed by atoms with van der Waals surface area (Å²) in [5.41, 5.74) is 5.03. The Balaban J connectivity index is 1.88. The molecule has 4 aromatic rings. The minimum atomic E-state index is -2.40. The van der Waals surface area contributed by atoms with Gasteiger partial charge in [0, 0.05) is 39.6 Å². The fraction of sp³-hybridized carbons (Fsp3) is 0.238. The zero-order valence-electron chi connectivity index (χ0n) is 17.9. The van der Waals surface area contributed by atoms with E-state index >= 15 is 0 Å². The van der Waals surface area contributed by atoms with E-state index in [0.717, 1.165) is 38.8 Å². The van der Waals surface area contributed by atoms with Gasteiger partial charge in [-0.1, -0.05) is 13.8 Å². The summed E-state index contributed by atoms with van der Waals surface area (Å²) in [7, 11) is 1.87. The monoisotopic (exact) mass is 321 g/mol. The van der Waals surface area contributed by atoms with Crippen LogP contribution in [0.4, 0.5) is 0 Å². The van der Waals surface area contributed by atoms with Crippen molar-refractivity contribution in [3.8, 4) is 11.3 Å². The topological polar surface area (TPSA) is 29.9 Å². The van der Waals surface area contributed by atoms with Crippen LogP contribution in [-0.2, 0) is 7.05 Å². The van der Waals surface area contributed by atoms with Gasteiger partial charge in [-0.3, -0.25) is 4.98 Å². The molecule has 1 aromatic carbocycles. The molecule has 120 valence electrons. The van der Waals surface area contributed by atoms with Gasteiger partial charge in [-0.15, -0.1) is 0 Å². The SMILES string of the molecule is [2H]C([2H])([2H])C([2H])(C)c1ccc(-c2cc3c(cc2C)oc2cnccc23)[n+](C)c1. The average Bonchev–Trinajstić information content (AvgIpc) is 2.97. The first-order valence-corrected chi connectivity index (χ1v) is 7.87. The van der Waals surface area contributed by atoms with E-state index in [1.807, 2.05) is 36.7 Å². The lowest BCUT2D eigenvalue weighted by Crippen LogP contribution is -2.31. The summed E-state index contributed by atoms with van der Waals surface area (Å²) in [6.07, 6.45) is 5.19. The molecule has 0 bridgehead atoms. The van der Waals surface area contributed by atoms with Gasteiger partial charge >= 0.3 is 0 Å². The van der Waals surface area contributed by atoms with Gasteiger partial charge in [-0.05, 0) is 42.6 Å². The number of rotatable bonds is 2. The Labute approximate surface area is 147 Å². The average molecular weight is 321 g/mol. The summed E-state index contributed by atoms with van der Waals surface area (Å²) in [4.78, 5) is 4.12. The quantitative estimate of drug-likeness (QED) is 0.491. The Morgan fingerprint density at radius 3 is 2.88 bits per heavy atom. The van der Waals surface area contributed by atoms with Gasteiger partial charge in [0.25, 0.3) is 0 Å². The fourth-order valence-electron chi connectivity index (χ4n) is 3.16. The van der Waals surface area contributed by atoms with E-state index in [4.69, 9.17) is 9.90 Å². The maximum absolute atomic E-state index is 8.32. The molecule has 3 heterocycles. The third-order valence-corrected chi connectivity index (χ3v) is 4.46.